The fourth-order valence-electron chi connectivity index (χ4n) is 3.04. The first kappa shape index (κ1) is 26.5. The van der Waals surface area contributed by atoms with Crippen LogP contribution in [0.15, 0.2) is 55.1 Å². The zero-order valence-corrected chi connectivity index (χ0v) is 19.8. The fraction of sp³-hybridized carbons (Fsp3) is 0.333. The van der Waals surface area contributed by atoms with Crippen LogP contribution in [0.4, 0.5) is 18.9 Å². The third-order valence-corrected chi connectivity index (χ3v) is 5.03. The summed E-state index contributed by atoms with van der Waals surface area (Å²) in [5, 5.41) is 6.62. The summed E-state index contributed by atoms with van der Waals surface area (Å²) in [6.45, 7) is 2.38. The minimum absolute atomic E-state index is 0.0404. The number of benzene rings is 1. The van der Waals surface area contributed by atoms with Crippen LogP contribution >= 0.6 is 0 Å². The highest BCUT2D eigenvalue weighted by atomic mass is 19.4. The maximum atomic E-state index is 13.0. The van der Waals surface area contributed by atoms with Gasteiger partial charge in [0.15, 0.2) is 0 Å². The van der Waals surface area contributed by atoms with E-state index in [9.17, 15) is 22.8 Å². The Morgan fingerprint density at radius 3 is 2.56 bits per heavy atom. The molecule has 0 saturated carbocycles. The maximum absolute atomic E-state index is 13.0. The molecule has 0 atom stereocenters. The third-order valence-electron chi connectivity index (χ3n) is 5.03. The van der Waals surface area contributed by atoms with Crippen molar-refractivity contribution >= 4 is 17.5 Å². The molecule has 0 aliphatic carbocycles. The first-order chi connectivity index (χ1) is 17.1. The molecule has 0 aliphatic heterocycles. The van der Waals surface area contributed by atoms with E-state index < -0.39 is 23.4 Å². The highest BCUT2D eigenvalue weighted by Crippen LogP contribution is 2.35. The molecule has 3 aromatic rings. The first-order valence-electron chi connectivity index (χ1n) is 11.0. The van der Waals surface area contributed by atoms with Gasteiger partial charge in [-0.25, -0.2) is 0 Å². The Morgan fingerprint density at radius 2 is 1.83 bits per heavy atom. The summed E-state index contributed by atoms with van der Waals surface area (Å²) < 4.78 is 51.0. The van der Waals surface area contributed by atoms with Gasteiger partial charge >= 0.3 is 6.18 Å². The second kappa shape index (κ2) is 12.0. The summed E-state index contributed by atoms with van der Waals surface area (Å²) in [4.78, 5) is 29.7. The number of pyridine rings is 1. The van der Waals surface area contributed by atoms with E-state index in [2.05, 4.69) is 15.4 Å². The van der Waals surface area contributed by atoms with E-state index in [4.69, 9.17) is 9.47 Å². The number of hydrogen-bond acceptors (Lipinski definition) is 6. The van der Waals surface area contributed by atoms with Gasteiger partial charge in [0.2, 0.25) is 11.8 Å². The molecule has 0 unspecified atom stereocenters. The van der Waals surface area contributed by atoms with Crippen LogP contribution in [0.2, 0.25) is 0 Å². The number of anilines is 1. The number of alkyl halides is 3. The maximum Gasteiger partial charge on any atom is 0.420 e. The third kappa shape index (κ3) is 8.00. The fourth-order valence-corrected chi connectivity index (χ4v) is 3.04. The van der Waals surface area contributed by atoms with Crippen LogP contribution < -0.4 is 14.8 Å². The van der Waals surface area contributed by atoms with Crippen molar-refractivity contribution in [3.05, 3.63) is 66.2 Å². The van der Waals surface area contributed by atoms with Gasteiger partial charge in [0.25, 0.3) is 0 Å². The van der Waals surface area contributed by atoms with Crippen molar-refractivity contribution in [2.24, 2.45) is 0 Å². The molecule has 2 aromatic heterocycles. The molecule has 0 saturated heterocycles. The topological polar surface area (TPSA) is 98.6 Å². The number of aryl methyl sites for hydroxylation is 1. The van der Waals surface area contributed by atoms with Crippen molar-refractivity contribution in [1.29, 1.82) is 0 Å². The predicted molar refractivity (Wildman–Crippen MR) is 125 cm³/mol. The SMILES string of the molecule is Cc1ccc(OCCN(C)C(=O)Cn2cc(NC(=O)CCOc3cnccc3C(F)(F)F)cn2)cc1. The number of amides is 2. The second-order valence-corrected chi connectivity index (χ2v) is 7.92. The molecule has 0 spiro atoms. The number of carbonyl (C=O) groups excluding carboxylic acids is 2. The molecule has 2 amide bonds. The van der Waals surface area contributed by atoms with Crippen LogP contribution in [0.3, 0.4) is 0 Å². The van der Waals surface area contributed by atoms with Crippen LogP contribution in [0, 0.1) is 6.92 Å². The van der Waals surface area contributed by atoms with E-state index in [1.54, 1.807) is 7.05 Å². The zero-order chi connectivity index (χ0) is 26.1. The van der Waals surface area contributed by atoms with E-state index in [-0.39, 0.29) is 25.5 Å². The molecular formula is C24H26F3N5O4. The molecular weight excluding hydrogens is 479 g/mol. The summed E-state index contributed by atoms with van der Waals surface area (Å²) in [5.74, 6) is -0.407. The van der Waals surface area contributed by atoms with E-state index in [0.29, 0.717) is 18.8 Å². The average molecular weight is 505 g/mol. The Hall–Kier alpha value is -4.09. The van der Waals surface area contributed by atoms with Crippen LogP contribution in [0.5, 0.6) is 11.5 Å². The van der Waals surface area contributed by atoms with E-state index in [0.717, 1.165) is 29.8 Å². The molecule has 0 fully saturated rings. The minimum atomic E-state index is -4.59. The second-order valence-electron chi connectivity index (χ2n) is 7.92. The highest BCUT2D eigenvalue weighted by Gasteiger charge is 2.34. The lowest BCUT2D eigenvalue weighted by Crippen LogP contribution is -2.33. The van der Waals surface area contributed by atoms with Crippen molar-refractivity contribution in [3.63, 3.8) is 0 Å². The molecule has 1 N–H and O–H groups in total. The van der Waals surface area contributed by atoms with Crippen molar-refractivity contribution in [1.82, 2.24) is 19.7 Å². The summed E-state index contributed by atoms with van der Waals surface area (Å²) in [6, 6.07) is 8.41. The van der Waals surface area contributed by atoms with Crippen LogP contribution in [-0.2, 0) is 22.3 Å². The van der Waals surface area contributed by atoms with E-state index >= 15 is 0 Å². The number of likely N-dealkylation sites (N-methyl/N-ethyl adjacent to an activating group) is 1. The molecule has 3 rings (SSSR count). The number of rotatable bonds is 11. The minimum Gasteiger partial charge on any atom is -0.492 e. The zero-order valence-electron chi connectivity index (χ0n) is 19.8. The standard InChI is InChI=1S/C24H26F3N5O4/c1-17-3-5-19(6-4-17)35-12-10-31(2)23(34)16-32-15-18(13-29-32)30-22(33)8-11-36-21-14-28-9-7-20(21)24(25,26)27/h3-7,9,13-15H,8,10-12,16H2,1-2H3,(H,30,33). The van der Waals surface area contributed by atoms with Gasteiger partial charge in [-0.15, -0.1) is 0 Å². The van der Waals surface area contributed by atoms with Gasteiger partial charge in [0.05, 0.1) is 37.7 Å². The predicted octanol–water partition coefficient (Wildman–Crippen LogP) is 3.55. The average Bonchev–Trinajstić information content (AvgIpc) is 3.26. The number of nitrogens with one attached hydrogen (secondary N) is 1. The Morgan fingerprint density at radius 1 is 1.08 bits per heavy atom. The van der Waals surface area contributed by atoms with Gasteiger partial charge < -0.3 is 19.7 Å². The normalized spacial score (nSPS) is 11.1. The van der Waals surface area contributed by atoms with Crippen LogP contribution in [0.1, 0.15) is 17.5 Å². The number of hydrogen-bond donors (Lipinski definition) is 1. The molecule has 0 bridgehead atoms. The Labute approximate surface area is 205 Å². The monoisotopic (exact) mass is 505 g/mol. The molecule has 192 valence electrons. The van der Waals surface area contributed by atoms with Crippen molar-refractivity contribution in [2.45, 2.75) is 26.1 Å². The number of carbonyl (C=O) groups is 2. The smallest absolute Gasteiger partial charge is 0.420 e. The number of ether oxygens (including phenoxy) is 2. The number of nitrogens with zero attached hydrogens (tertiary/aromatic N) is 4. The van der Waals surface area contributed by atoms with Crippen LogP contribution in [0.25, 0.3) is 0 Å². The Balaban J connectivity index is 1.40. The van der Waals surface area contributed by atoms with E-state index in [1.807, 2.05) is 31.2 Å². The molecule has 0 radical (unpaired) electrons. The molecule has 9 nitrogen and oxygen atoms in total. The summed E-state index contributed by atoms with van der Waals surface area (Å²) in [6.07, 6.45) is 0.0372. The Kier molecular flexibility index (Phi) is 8.87. The van der Waals surface area contributed by atoms with Crippen molar-refractivity contribution in [2.75, 3.05) is 32.1 Å². The van der Waals surface area contributed by atoms with E-state index in [1.165, 1.54) is 22.0 Å². The summed E-state index contributed by atoms with van der Waals surface area (Å²) in [5.41, 5.74) is 0.507. The number of aromatic nitrogens is 3. The molecule has 0 aliphatic rings. The van der Waals surface area contributed by atoms with Gasteiger partial charge in [-0.1, -0.05) is 17.7 Å². The van der Waals surface area contributed by atoms with Gasteiger partial charge in [0, 0.05) is 19.4 Å². The largest absolute Gasteiger partial charge is 0.492 e. The first-order valence-corrected chi connectivity index (χ1v) is 11.0. The van der Waals surface area contributed by atoms with Crippen molar-refractivity contribution < 1.29 is 32.2 Å². The van der Waals surface area contributed by atoms with Crippen molar-refractivity contribution in [3.8, 4) is 11.5 Å². The molecule has 36 heavy (non-hydrogen) atoms. The molecule has 1 aromatic carbocycles. The Bertz CT molecular complexity index is 1170. The lowest BCUT2D eigenvalue weighted by atomic mass is 10.2. The number of halogens is 3. The van der Waals surface area contributed by atoms with Gasteiger partial charge in [-0.05, 0) is 25.1 Å². The van der Waals surface area contributed by atoms with Gasteiger partial charge in [-0.2, -0.15) is 18.3 Å². The van der Waals surface area contributed by atoms with Gasteiger partial charge in [0.1, 0.15) is 30.2 Å². The molecule has 2 heterocycles. The molecule has 12 heteroatoms. The summed E-state index contributed by atoms with van der Waals surface area (Å²) >= 11 is 0. The highest BCUT2D eigenvalue weighted by molar-refractivity contribution is 5.90. The lowest BCUT2D eigenvalue weighted by molar-refractivity contribution is -0.139. The summed E-state index contributed by atoms with van der Waals surface area (Å²) in [7, 11) is 1.65. The lowest BCUT2D eigenvalue weighted by Gasteiger charge is -2.17. The quantitative estimate of drug-likeness (QED) is 0.428. The van der Waals surface area contributed by atoms with Crippen LogP contribution in [-0.4, -0.2) is 58.3 Å². The van der Waals surface area contributed by atoms with Gasteiger partial charge in [-0.3, -0.25) is 19.3 Å².